The molecule has 2 saturated heterocycles. The van der Waals surface area contributed by atoms with Crippen LogP contribution in [0.5, 0.6) is 23.0 Å². The molecule has 52 heavy (non-hydrogen) atoms. The molecule has 10 rings (SSSR count). The maximum absolute atomic E-state index is 5.97. The van der Waals surface area contributed by atoms with Gasteiger partial charge in [-0.25, -0.2) is 0 Å². The second-order valence-corrected chi connectivity index (χ2v) is 13.0. The Hall–Kier alpha value is -5.32. The Balaban J connectivity index is 0.962. The van der Waals surface area contributed by atoms with E-state index >= 15 is 0 Å². The highest BCUT2D eigenvalue weighted by atomic mass is 16.5. The van der Waals surface area contributed by atoms with Gasteiger partial charge in [-0.05, 0) is 70.1 Å². The molecule has 0 unspecified atom stereocenters. The predicted octanol–water partition coefficient (Wildman–Crippen LogP) is 4.47. The molecule has 6 heterocycles. The van der Waals surface area contributed by atoms with Crippen LogP contribution in [0.3, 0.4) is 0 Å². The summed E-state index contributed by atoms with van der Waals surface area (Å²) in [5.74, 6) is 29.0. The summed E-state index contributed by atoms with van der Waals surface area (Å²) in [4.78, 5) is 9.51. The lowest BCUT2D eigenvalue weighted by molar-refractivity contribution is 0.157. The minimum atomic E-state index is 0.354. The van der Waals surface area contributed by atoms with Gasteiger partial charge in [0.25, 0.3) is 0 Å². The maximum Gasteiger partial charge on any atom is 0.149 e. The zero-order valence-electron chi connectivity index (χ0n) is 29.7. The van der Waals surface area contributed by atoms with Gasteiger partial charge in [0.15, 0.2) is 0 Å². The molecule has 8 heteroatoms. The van der Waals surface area contributed by atoms with Crippen molar-refractivity contribution in [3.63, 3.8) is 0 Å². The van der Waals surface area contributed by atoms with Crippen molar-refractivity contribution in [1.82, 2.24) is 19.6 Å². The Kier molecular flexibility index (Phi) is 12.3. The SMILES string of the molecule is C1#CCN2CCN(CC#CCOc3ccc4ccc(cc4c3)OCC#CCN3CCN(CC#CCOc4ccc5ccc(cc5c4)OC1)CC3)CC2. The Bertz CT molecular complexity index is 1800. The Morgan fingerprint density at radius 1 is 0.308 bits per heavy atom. The van der Waals surface area contributed by atoms with Crippen LogP contribution in [-0.2, 0) is 0 Å². The molecule has 0 aromatic heterocycles. The van der Waals surface area contributed by atoms with Crippen molar-refractivity contribution >= 4 is 21.5 Å². The van der Waals surface area contributed by atoms with Crippen molar-refractivity contribution in [1.29, 1.82) is 0 Å². The van der Waals surface area contributed by atoms with Gasteiger partial charge in [-0.2, -0.15) is 0 Å². The lowest BCUT2D eigenvalue weighted by Gasteiger charge is -2.32. The summed E-state index contributed by atoms with van der Waals surface area (Å²) >= 11 is 0. The van der Waals surface area contributed by atoms with Crippen LogP contribution in [0.1, 0.15) is 0 Å². The normalized spacial score (nSPS) is 22.8. The van der Waals surface area contributed by atoms with E-state index in [1.54, 1.807) is 0 Å². The molecule has 6 aliphatic rings. The van der Waals surface area contributed by atoms with Crippen LogP contribution in [0.25, 0.3) is 21.5 Å². The van der Waals surface area contributed by atoms with Gasteiger partial charge in [-0.1, -0.05) is 71.6 Å². The lowest BCUT2D eigenvalue weighted by Crippen LogP contribution is -2.46. The highest BCUT2D eigenvalue weighted by molar-refractivity contribution is 5.86. The van der Waals surface area contributed by atoms with Gasteiger partial charge < -0.3 is 18.9 Å². The third-order valence-corrected chi connectivity index (χ3v) is 9.45. The average Bonchev–Trinajstić information content (AvgIpc) is 3.18. The summed E-state index contributed by atoms with van der Waals surface area (Å²) in [6.07, 6.45) is 0. The van der Waals surface area contributed by atoms with Crippen LogP contribution in [0.15, 0.2) is 72.8 Å². The van der Waals surface area contributed by atoms with E-state index in [0.717, 1.165) is 123 Å². The first-order valence-corrected chi connectivity index (χ1v) is 18.0. The standard InChI is InChI=1S/C44H44N4O4/c1-5-29-49-41-13-9-37-10-14-42(34-39(37)33-41)50-31-7-3-19-47-25-27-48(28-26-47)20-4-8-32-52-44-16-12-38-11-15-43(35-40(38)36-44)51-30-6-2-18-46-23-21-45(17-1)22-24-46/h9-16,33-36H,17-32H2. The molecule has 0 radical (unpaired) electrons. The van der Waals surface area contributed by atoms with Gasteiger partial charge in [-0.15, -0.1) is 0 Å². The molecule has 0 atom stereocenters. The molecular formula is C44H44N4O4. The molecule has 264 valence electrons. The van der Waals surface area contributed by atoms with E-state index in [2.05, 4.69) is 91.2 Å². The zero-order valence-corrected chi connectivity index (χ0v) is 29.7. The van der Waals surface area contributed by atoms with Gasteiger partial charge in [-0.3, -0.25) is 19.6 Å². The van der Waals surface area contributed by atoms with Crippen LogP contribution in [-0.4, -0.2) is 125 Å². The van der Waals surface area contributed by atoms with Crippen molar-refractivity contribution in [2.75, 3.05) is 105 Å². The lowest BCUT2D eigenvalue weighted by atomic mass is 10.1. The maximum atomic E-state index is 5.97. The number of hydrogen-bond acceptors (Lipinski definition) is 8. The summed E-state index contributed by atoms with van der Waals surface area (Å²) in [5, 5.41) is 4.39. The van der Waals surface area contributed by atoms with Crippen LogP contribution >= 0.6 is 0 Å². The predicted molar refractivity (Wildman–Crippen MR) is 207 cm³/mol. The number of rotatable bonds is 0. The largest absolute Gasteiger partial charge is 0.481 e. The minimum absolute atomic E-state index is 0.354. The van der Waals surface area contributed by atoms with E-state index in [1.807, 2.05) is 48.5 Å². The van der Waals surface area contributed by atoms with E-state index in [9.17, 15) is 0 Å². The second kappa shape index (κ2) is 18.3. The fourth-order valence-electron chi connectivity index (χ4n) is 6.33. The van der Waals surface area contributed by atoms with Crippen molar-refractivity contribution in [3.8, 4) is 70.4 Å². The molecule has 2 fully saturated rings. The van der Waals surface area contributed by atoms with Gasteiger partial charge >= 0.3 is 0 Å². The Morgan fingerprint density at radius 3 is 0.808 bits per heavy atom. The van der Waals surface area contributed by atoms with E-state index in [4.69, 9.17) is 18.9 Å². The molecular weight excluding hydrogens is 649 g/mol. The molecule has 0 aliphatic carbocycles. The molecule has 6 aliphatic heterocycles. The average molecular weight is 693 g/mol. The molecule has 0 amide bonds. The molecule has 10 bridgehead atoms. The molecule has 8 nitrogen and oxygen atoms in total. The van der Waals surface area contributed by atoms with Gasteiger partial charge in [0.05, 0.1) is 26.2 Å². The second-order valence-electron chi connectivity index (χ2n) is 13.0. The summed E-state index contributed by atoms with van der Waals surface area (Å²) in [6, 6.07) is 24.4. The van der Waals surface area contributed by atoms with E-state index in [1.165, 1.54) is 0 Å². The molecule has 0 N–H and O–H groups in total. The van der Waals surface area contributed by atoms with Crippen LogP contribution < -0.4 is 18.9 Å². The molecule has 4 aromatic carbocycles. The van der Waals surface area contributed by atoms with Gasteiger partial charge in [0, 0.05) is 52.4 Å². The third kappa shape index (κ3) is 10.4. The number of hydrogen-bond donors (Lipinski definition) is 0. The first kappa shape index (κ1) is 35.1. The van der Waals surface area contributed by atoms with E-state index in [0.29, 0.717) is 26.4 Å². The van der Waals surface area contributed by atoms with Crippen molar-refractivity contribution in [2.45, 2.75) is 0 Å². The first-order valence-electron chi connectivity index (χ1n) is 18.0. The Labute approximate surface area is 307 Å². The summed E-state index contributed by atoms with van der Waals surface area (Å²) < 4.78 is 23.9. The van der Waals surface area contributed by atoms with Crippen LogP contribution in [0.4, 0.5) is 0 Å². The number of ether oxygens (including phenoxy) is 4. The van der Waals surface area contributed by atoms with Crippen molar-refractivity contribution in [2.24, 2.45) is 0 Å². The quantitative estimate of drug-likeness (QED) is 0.251. The van der Waals surface area contributed by atoms with Crippen LogP contribution in [0.2, 0.25) is 0 Å². The Morgan fingerprint density at radius 2 is 0.558 bits per heavy atom. The highest BCUT2D eigenvalue weighted by Gasteiger charge is 2.16. The molecule has 0 spiro atoms. The monoisotopic (exact) mass is 692 g/mol. The fraction of sp³-hybridized carbons (Fsp3) is 0.364. The van der Waals surface area contributed by atoms with Gasteiger partial charge in [0.1, 0.15) is 49.4 Å². The van der Waals surface area contributed by atoms with Gasteiger partial charge in [0.2, 0.25) is 0 Å². The smallest absolute Gasteiger partial charge is 0.149 e. The number of benzene rings is 4. The number of piperazine rings is 2. The highest BCUT2D eigenvalue weighted by Crippen LogP contribution is 2.26. The van der Waals surface area contributed by atoms with Crippen molar-refractivity contribution in [3.05, 3.63) is 72.8 Å². The minimum Gasteiger partial charge on any atom is -0.481 e. The number of nitrogens with zero attached hydrogens (tertiary/aromatic N) is 4. The molecule has 4 aromatic rings. The summed E-state index contributed by atoms with van der Waals surface area (Å²) in [6.45, 7) is 12.2. The fourth-order valence-corrected chi connectivity index (χ4v) is 6.33. The third-order valence-electron chi connectivity index (χ3n) is 9.45. The molecule has 0 saturated carbocycles. The first-order chi connectivity index (χ1) is 25.7. The van der Waals surface area contributed by atoms with E-state index in [-0.39, 0.29) is 0 Å². The van der Waals surface area contributed by atoms with E-state index < -0.39 is 0 Å². The summed E-state index contributed by atoms with van der Waals surface area (Å²) in [7, 11) is 0. The topological polar surface area (TPSA) is 49.9 Å². The zero-order chi connectivity index (χ0) is 35.2. The summed E-state index contributed by atoms with van der Waals surface area (Å²) in [5.41, 5.74) is 0. The van der Waals surface area contributed by atoms with Crippen molar-refractivity contribution < 1.29 is 18.9 Å². The van der Waals surface area contributed by atoms with Crippen LogP contribution in [0, 0.1) is 47.4 Å².